The van der Waals surface area contributed by atoms with Gasteiger partial charge in [-0.05, 0) is 53.6 Å². The molecule has 0 aliphatic rings. The van der Waals surface area contributed by atoms with Gasteiger partial charge < -0.3 is 0 Å². The van der Waals surface area contributed by atoms with Crippen LogP contribution in [0.1, 0.15) is 27.3 Å². The van der Waals surface area contributed by atoms with E-state index in [1.165, 1.54) is 0 Å². The third-order valence-electron chi connectivity index (χ3n) is 5.59. The number of aromatic nitrogens is 2. The van der Waals surface area contributed by atoms with Crippen LogP contribution in [0, 0.1) is 0 Å². The van der Waals surface area contributed by atoms with Gasteiger partial charge in [-0.15, -0.1) is 0 Å². The molecule has 0 fully saturated rings. The Morgan fingerprint density at radius 2 is 1.42 bits per heavy atom. The zero-order valence-corrected chi connectivity index (χ0v) is 19.3. The van der Waals surface area contributed by atoms with E-state index < -0.39 is 0 Å². The average molecular weight is 471 g/mol. The summed E-state index contributed by atoms with van der Waals surface area (Å²) in [5.74, 6) is 0.242. The lowest BCUT2D eigenvalue weighted by Crippen LogP contribution is -2.22. The maximum absolute atomic E-state index is 13.4. The minimum atomic E-state index is -0.285. The van der Waals surface area contributed by atoms with E-state index in [9.17, 15) is 9.59 Å². The molecule has 0 saturated carbocycles. The number of hydrogen-bond acceptors (Lipinski definition) is 4. The maximum atomic E-state index is 13.4. The fourth-order valence-electron chi connectivity index (χ4n) is 3.78. The Balaban J connectivity index is 1.45. The summed E-state index contributed by atoms with van der Waals surface area (Å²) in [6.45, 7) is 0. The topological polar surface area (TPSA) is 76.3 Å². The number of hydrogen-bond donors (Lipinski definition) is 1. The number of para-hydroxylation sites is 1. The smallest absolute Gasteiger partial charge is 0.268 e. The zero-order chi connectivity index (χ0) is 24.7. The molecule has 36 heavy (non-hydrogen) atoms. The second-order valence-electron chi connectivity index (χ2n) is 8.03. The van der Waals surface area contributed by atoms with E-state index in [1.807, 2.05) is 91.0 Å². The molecule has 0 aliphatic heterocycles. The fraction of sp³-hybridized carbons (Fsp3) is 0. The van der Waals surface area contributed by atoms with Crippen LogP contribution in [0.4, 0.5) is 0 Å². The second kappa shape index (κ2) is 10.4. The molecule has 1 N–H and O–H groups in total. The van der Waals surface area contributed by atoms with Gasteiger partial charge in [-0.1, -0.05) is 78.9 Å². The molecule has 0 bridgehead atoms. The van der Waals surface area contributed by atoms with Gasteiger partial charge in [0.05, 0.1) is 22.8 Å². The molecule has 0 spiro atoms. The van der Waals surface area contributed by atoms with Crippen LogP contribution in [0.25, 0.3) is 28.7 Å². The molecule has 0 unspecified atom stereocenters. The SMILES string of the molecule is O=C(N/N=C\c1ccc(-n2c(/C=C/c3ccccc3)nc3ccccc3c2=O)cc1)c1ccccc1. The van der Waals surface area contributed by atoms with Crippen molar-refractivity contribution in [3.8, 4) is 5.69 Å². The highest BCUT2D eigenvalue weighted by Gasteiger charge is 2.11. The van der Waals surface area contributed by atoms with Gasteiger partial charge in [-0.3, -0.25) is 14.2 Å². The van der Waals surface area contributed by atoms with E-state index in [-0.39, 0.29) is 11.5 Å². The van der Waals surface area contributed by atoms with Gasteiger partial charge in [0.2, 0.25) is 0 Å². The number of carbonyl (C=O) groups excluding carboxylic acids is 1. The van der Waals surface area contributed by atoms with Gasteiger partial charge >= 0.3 is 0 Å². The van der Waals surface area contributed by atoms with Gasteiger partial charge in [0.15, 0.2) is 0 Å². The molecular formula is C30H22N4O2. The molecule has 6 nitrogen and oxygen atoms in total. The summed E-state index contributed by atoms with van der Waals surface area (Å²) in [4.78, 5) is 30.3. The fourth-order valence-corrected chi connectivity index (χ4v) is 3.78. The predicted octanol–water partition coefficient (Wildman–Crippen LogP) is 5.32. The van der Waals surface area contributed by atoms with Crippen molar-refractivity contribution in [1.82, 2.24) is 15.0 Å². The van der Waals surface area contributed by atoms with Crippen LogP contribution in [-0.2, 0) is 0 Å². The summed E-state index contributed by atoms with van der Waals surface area (Å²) >= 11 is 0. The molecular weight excluding hydrogens is 448 g/mol. The average Bonchev–Trinajstić information content (AvgIpc) is 2.93. The first-order valence-corrected chi connectivity index (χ1v) is 11.4. The van der Waals surface area contributed by atoms with E-state index >= 15 is 0 Å². The quantitative estimate of drug-likeness (QED) is 0.270. The third kappa shape index (κ3) is 5.03. The van der Waals surface area contributed by atoms with Crippen LogP contribution in [0.3, 0.4) is 0 Å². The Labute approximate surface area is 207 Å². The maximum Gasteiger partial charge on any atom is 0.271 e. The molecule has 6 heteroatoms. The van der Waals surface area contributed by atoms with Gasteiger partial charge in [0.25, 0.3) is 11.5 Å². The monoisotopic (exact) mass is 470 g/mol. The van der Waals surface area contributed by atoms with Crippen molar-refractivity contribution in [2.45, 2.75) is 0 Å². The van der Waals surface area contributed by atoms with Crippen LogP contribution in [0.5, 0.6) is 0 Å². The number of carbonyl (C=O) groups is 1. The molecule has 0 saturated heterocycles. The molecule has 0 atom stereocenters. The lowest BCUT2D eigenvalue weighted by molar-refractivity contribution is 0.0955. The van der Waals surface area contributed by atoms with Crippen molar-refractivity contribution in [1.29, 1.82) is 0 Å². The predicted molar refractivity (Wildman–Crippen MR) is 144 cm³/mol. The molecule has 174 valence electrons. The van der Waals surface area contributed by atoms with Crippen molar-refractivity contribution in [2.24, 2.45) is 5.10 Å². The molecule has 5 rings (SSSR count). The number of fused-ring (bicyclic) bond motifs is 1. The first-order valence-electron chi connectivity index (χ1n) is 11.4. The number of benzene rings is 4. The molecule has 1 heterocycles. The minimum Gasteiger partial charge on any atom is -0.268 e. The first-order chi connectivity index (χ1) is 17.7. The number of hydrazone groups is 1. The van der Waals surface area contributed by atoms with E-state index in [0.717, 1.165) is 11.1 Å². The van der Waals surface area contributed by atoms with E-state index in [2.05, 4.69) is 10.5 Å². The molecule has 4 aromatic carbocycles. The summed E-state index contributed by atoms with van der Waals surface area (Å²) in [7, 11) is 0. The normalized spacial score (nSPS) is 11.3. The highest BCUT2D eigenvalue weighted by molar-refractivity contribution is 5.94. The summed E-state index contributed by atoms with van der Waals surface area (Å²) in [6.07, 6.45) is 5.34. The summed E-state index contributed by atoms with van der Waals surface area (Å²) in [5.41, 5.74) is 6.01. The molecule has 1 amide bonds. The largest absolute Gasteiger partial charge is 0.271 e. The lowest BCUT2D eigenvalue weighted by Gasteiger charge is -2.11. The molecule has 0 aliphatic carbocycles. The highest BCUT2D eigenvalue weighted by Crippen LogP contribution is 2.16. The standard InChI is InChI=1S/C30H22N4O2/c35-29(24-11-5-2-6-12-24)33-31-21-23-15-18-25(19-16-23)34-28(20-17-22-9-3-1-4-10-22)32-27-14-8-7-13-26(27)30(34)36/h1-21H,(H,33,35)/b20-17+,31-21-. The van der Waals surface area contributed by atoms with Crippen molar-refractivity contribution in [2.75, 3.05) is 0 Å². The molecule has 5 aromatic rings. The van der Waals surface area contributed by atoms with Gasteiger partial charge in [0.1, 0.15) is 5.82 Å². The van der Waals surface area contributed by atoms with Crippen LogP contribution in [0.15, 0.2) is 119 Å². The second-order valence-corrected chi connectivity index (χ2v) is 8.03. The Morgan fingerprint density at radius 3 is 2.17 bits per heavy atom. The Bertz CT molecular complexity index is 1620. The highest BCUT2D eigenvalue weighted by atomic mass is 16.2. The zero-order valence-electron chi connectivity index (χ0n) is 19.3. The summed E-state index contributed by atoms with van der Waals surface area (Å²) < 4.78 is 1.60. The van der Waals surface area contributed by atoms with Crippen LogP contribution >= 0.6 is 0 Å². The van der Waals surface area contributed by atoms with Crippen LogP contribution in [0.2, 0.25) is 0 Å². The van der Waals surface area contributed by atoms with Crippen molar-refractivity contribution < 1.29 is 4.79 Å². The van der Waals surface area contributed by atoms with Gasteiger partial charge in [-0.25, -0.2) is 10.4 Å². The van der Waals surface area contributed by atoms with E-state index in [1.54, 1.807) is 41.1 Å². The third-order valence-corrected chi connectivity index (χ3v) is 5.59. The van der Waals surface area contributed by atoms with E-state index in [4.69, 9.17) is 4.98 Å². The van der Waals surface area contributed by atoms with Crippen molar-refractivity contribution in [3.63, 3.8) is 0 Å². The first kappa shape index (κ1) is 22.7. The van der Waals surface area contributed by atoms with Gasteiger partial charge in [0, 0.05) is 5.56 Å². The molecule has 0 radical (unpaired) electrons. The van der Waals surface area contributed by atoms with Gasteiger partial charge in [-0.2, -0.15) is 5.10 Å². The number of amides is 1. The Morgan fingerprint density at radius 1 is 0.750 bits per heavy atom. The Kier molecular flexibility index (Phi) is 6.58. The summed E-state index contributed by atoms with van der Waals surface area (Å²) in [6, 6.07) is 33.4. The van der Waals surface area contributed by atoms with Crippen molar-refractivity contribution >= 4 is 35.2 Å². The number of rotatable bonds is 6. The number of nitrogens with one attached hydrogen (secondary N) is 1. The number of nitrogens with zero attached hydrogens (tertiary/aromatic N) is 3. The minimum absolute atomic E-state index is 0.148. The summed E-state index contributed by atoms with van der Waals surface area (Å²) in [5, 5.41) is 4.59. The van der Waals surface area contributed by atoms with Crippen LogP contribution < -0.4 is 11.0 Å². The van der Waals surface area contributed by atoms with Crippen molar-refractivity contribution in [3.05, 3.63) is 142 Å². The lowest BCUT2D eigenvalue weighted by atomic mass is 10.2. The van der Waals surface area contributed by atoms with Crippen LogP contribution in [-0.4, -0.2) is 21.7 Å². The van der Waals surface area contributed by atoms with E-state index in [0.29, 0.717) is 28.0 Å². The Hall–Kier alpha value is -5.10. The molecule has 1 aromatic heterocycles.